The van der Waals surface area contributed by atoms with E-state index in [1.165, 1.54) is 16.8 Å². The van der Waals surface area contributed by atoms with Crippen molar-refractivity contribution in [2.45, 2.75) is 19.9 Å². The highest BCUT2D eigenvalue weighted by atomic mass is 19.1. The standard InChI is InChI=1S/C15H17FN4O2/c1-10-9-22-8-7-19(10)15(21)14-17-11(2)20(18-14)13-5-3-12(16)4-6-13/h3-6,10H,7-9H2,1-2H3/t10-/m1/s1. The number of nitrogens with zero attached hydrogens (tertiary/aromatic N) is 4. The molecule has 22 heavy (non-hydrogen) atoms. The molecule has 1 amide bonds. The lowest BCUT2D eigenvalue weighted by molar-refractivity contribution is 0.00292. The van der Waals surface area contributed by atoms with E-state index in [0.29, 0.717) is 31.3 Å². The molecule has 0 unspecified atom stereocenters. The van der Waals surface area contributed by atoms with Gasteiger partial charge in [-0.2, -0.15) is 0 Å². The smallest absolute Gasteiger partial charge is 0.293 e. The molecule has 0 radical (unpaired) electrons. The molecule has 3 rings (SSSR count). The van der Waals surface area contributed by atoms with Gasteiger partial charge in [-0.1, -0.05) is 0 Å². The third-order valence-corrected chi connectivity index (χ3v) is 3.66. The third kappa shape index (κ3) is 2.71. The van der Waals surface area contributed by atoms with Crippen LogP contribution >= 0.6 is 0 Å². The van der Waals surface area contributed by atoms with E-state index in [4.69, 9.17) is 4.74 Å². The van der Waals surface area contributed by atoms with Crippen LogP contribution in [0.5, 0.6) is 0 Å². The zero-order valence-corrected chi connectivity index (χ0v) is 12.5. The average molecular weight is 304 g/mol. The lowest BCUT2D eigenvalue weighted by Gasteiger charge is -2.32. The highest BCUT2D eigenvalue weighted by molar-refractivity contribution is 5.90. The van der Waals surface area contributed by atoms with Crippen LogP contribution in [0.1, 0.15) is 23.4 Å². The third-order valence-electron chi connectivity index (χ3n) is 3.66. The van der Waals surface area contributed by atoms with E-state index in [-0.39, 0.29) is 23.6 Å². The maximum atomic E-state index is 13.0. The summed E-state index contributed by atoms with van der Waals surface area (Å²) in [7, 11) is 0. The first-order chi connectivity index (χ1) is 10.6. The molecule has 0 bridgehead atoms. The largest absolute Gasteiger partial charge is 0.377 e. The topological polar surface area (TPSA) is 60.3 Å². The minimum atomic E-state index is -0.319. The van der Waals surface area contributed by atoms with E-state index >= 15 is 0 Å². The fraction of sp³-hybridized carbons (Fsp3) is 0.400. The van der Waals surface area contributed by atoms with Crippen LogP contribution in [0.3, 0.4) is 0 Å². The Morgan fingerprint density at radius 1 is 1.36 bits per heavy atom. The average Bonchev–Trinajstić information content (AvgIpc) is 2.90. The number of carbonyl (C=O) groups excluding carboxylic acids is 1. The lowest BCUT2D eigenvalue weighted by atomic mass is 10.2. The van der Waals surface area contributed by atoms with Crippen molar-refractivity contribution in [1.29, 1.82) is 0 Å². The molecule has 2 heterocycles. The number of amides is 1. The summed E-state index contributed by atoms with van der Waals surface area (Å²) in [6.45, 7) is 5.26. The molecule has 1 aliphatic rings. The molecule has 0 saturated carbocycles. The first kappa shape index (κ1) is 14.6. The van der Waals surface area contributed by atoms with Crippen LogP contribution in [0.25, 0.3) is 5.69 Å². The van der Waals surface area contributed by atoms with Crippen molar-refractivity contribution in [2.24, 2.45) is 0 Å². The number of benzene rings is 1. The molecule has 2 aromatic rings. The number of hydrogen-bond acceptors (Lipinski definition) is 4. The second kappa shape index (κ2) is 5.84. The lowest BCUT2D eigenvalue weighted by Crippen LogP contribution is -2.47. The van der Waals surface area contributed by atoms with Gasteiger partial charge in [-0.25, -0.2) is 14.1 Å². The number of ether oxygens (including phenoxy) is 1. The molecule has 116 valence electrons. The van der Waals surface area contributed by atoms with Gasteiger partial charge >= 0.3 is 0 Å². The molecule has 1 aromatic heterocycles. The first-order valence-electron chi connectivity index (χ1n) is 7.14. The van der Waals surface area contributed by atoms with E-state index < -0.39 is 0 Å². The Hall–Kier alpha value is -2.28. The predicted octanol–water partition coefficient (Wildman–Crippen LogP) is 1.58. The van der Waals surface area contributed by atoms with Gasteiger partial charge in [0.2, 0.25) is 5.82 Å². The fourth-order valence-electron chi connectivity index (χ4n) is 2.46. The Bertz CT molecular complexity index is 683. The highest BCUT2D eigenvalue weighted by Crippen LogP contribution is 2.14. The van der Waals surface area contributed by atoms with E-state index in [9.17, 15) is 9.18 Å². The quantitative estimate of drug-likeness (QED) is 0.845. The fourth-order valence-corrected chi connectivity index (χ4v) is 2.46. The summed E-state index contributed by atoms with van der Waals surface area (Å²) >= 11 is 0. The minimum absolute atomic E-state index is 0.000623. The molecular formula is C15H17FN4O2. The molecule has 1 aliphatic heterocycles. The number of rotatable bonds is 2. The van der Waals surface area contributed by atoms with E-state index in [1.807, 2.05) is 6.92 Å². The van der Waals surface area contributed by atoms with E-state index in [2.05, 4.69) is 10.1 Å². The van der Waals surface area contributed by atoms with Gasteiger partial charge in [-0.3, -0.25) is 4.79 Å². The van der Waals surface area contributed by atoms with Crippen molar-refractivity contribution in [3.8, 4) is 5.69 Å². The number of aryl methyl sites for hydroxylation is 1. The van der Waals surface area contributed by atoms with Crippen LogP contribution in [-0.4, -0.2) is 51.4 Å². The van der Waals surface area contributed by atoms with E-state index in [1.54, 1.807) is 24.0 Å². The van der Waals surface area contributed by atoms with Gasteiger partial charge in [0.15, 0.2) is 0 Å². The molecule has 6 nitrogen and oxygen atoms in total. The van der Waals surface area contributed by atoms with E-state index in [0.717, 1.165) is 0 Å². The van der Waals surface area contributed by atoms with Gasteiger partial charge in [0.05, 0.1) is 24.9 Å². The van der Waals surface area contributed by atoms with Crippen LogP contribution in [0.15, 0.2) is 24.3 Å². The zero-order chi connectivity index (χ0) is 15.7. The van der Waals surface area contributed by atoms with Crippen molar-refractivity contribution < 1.29 is 13.9 Å². The maximum Gasteiger partial charge on any atom is 0.293 e. The number of halogens is 1. The maximum absolute atomic E-state index is 13.0. The Kier molecular flexibility index (Phi) is 3.89. The summed E-state index contributed by atoms with van der Waals surface area (Å²) in [5.41, 5.74) is 0.667. The zero-order valence-electron chi connectivity index (χ0n) is 12.5. The molecule has 0 spiro atoms. The first-order valence-corrected chi connectivity index (χ1v) is 7.14. The van der Waals surface area contributed by atoms with Crippen molar-refractivity contribution in [2.75, 3.05) is 19.8 Å². The Labute approximate surface area is 127 Å². The van der Waals surface area contributed by atoms with Crippen molar-refractivity contribution in [3.63, 3.8) is 0 Å². The minimum Gasteiger partial charge on any atom is -0.377 e. The molecule has 0 N–H and O–H groups in total. The predicted molar refractivity (Wildman–Crippen MR) is 77.4 cm³/mol. The summed E-state index contributed by atoms with van der Waals surface area (Å²) in [6.07, 6.45) is 0. The monoisotopic (exact) mass is 304 g/mol. The number of aromatic nitrogens is 3. The van der Waals surface area contributed by atoms with Crippen LogP contribution in [0.4, 0.5) is 4.39 Å². The molecule has 7 heteroatoms. The molecule has 0 aliphatic carbocycles. The Balaban J connectivity index is 1.88. The summed E-state index contributed by atoms with van der Waals surface area (Å²) in [4.78, 5) is 18.5. The van der Waals surface area contributed by atoms with Crippen LogP contribution in [0.2, 0.25) is 0 Å². The number of hydrogen-bond donors (Lipinski definition) is 0. The van der Waals surface area contributed by atoms with Gasteiger partial charge in [0.1, 0.15) is 11.6 Å². The van der Waals surface area contributed by atoms with Crippen LogP contribution < -0.4 is 0 Å². The molecule has 1 aromatic carbocycles. The number of carbonyl (C=O) groups is 1. The van der Waals surface area contributed by atoms with Gasteiger partial charge < -0.3 is 9.64 Å². The molecule has 1 atom stereocenters. The molecule has 1 saturated heterocycles. The number of morpholine rings is 1. The van der Waals surface area contributed by atoms with Crippen LogP contribution in [-0.2, 0) is 4.74 Å². The second-order valence-corrected chi connectivity index (χ2v) is 5.29. The normalized spacial score (nSPS) is 18.5. The van der Waals surface area contributed by atoms with Crippen LogP contribution in [0, 0.1) is 12.7 Å². The SMILES string of the molecule is Cc1nc(C(=O)N2CCOC[C@H]2C)nn1-c1ccc(F)cc1. The summed E-state index contributed by atoms with van der Waals surface area (Å²) in [5.74, 6) is 0.200. The van der Waals surface area contributed by atoms with Gasteiger partial charge in [-0.05, 0) is 38.1 Å². The van der Waals surface area contributed by atoms with Crippen molar-refractivity contribution >= 4 is 5.91 Å². The van der Waals surface area contributed by atoms with Gasteiger partial charge in [0.25, 0.3) is 5.91 Å². The molecule has 1 fully saturated rings. The van der Waals surface area contributed by atoms with Gasteiger partial charge in [-0.15, -0.1) is 5.10 Å². The summed E-state index contributed by atoms with van der Waals surface area (Å²) in [5, 5.41) is 4.27. The second-order valence-electron chi connectivity index (χ2n) is 5.29. The Morgan fingerprint density at radius 2 is 2.09 bits per heavy atom. The highest BCUT2D eigenvalue weighted by Gasteiger charge is 2.28. The van der Waals surface area contributed by atoms with Gasteiger partial charge in [0, 0.05) is 6.54 Å². The Morgan fingerprint density at radius 3 is 2.77 bits per heavy atom. The van der Waals surface area contributed by atoms with Crippen molar-refractivity contribution in [3.05, 3.63) is 41.7 Å². The summed E-state index contributed by atoms with van der Waals surface area (Å²) in [6, 6.07) is 5.90. The summed E-state index contributed by atoms with van der Waals surface area (Å²) < 4.78 is 19.9. The van der Waals surface area contributed by atoms with Crippen molar-refractivity contribution in [1.82, 2.24) is 19.7 Å². The molecular weight excluding hydrogens is 287 g/mol.